The van der Waals surface area contributed by atoms with Gasteiger partial charge in [0.05, 0.1) is 5.28 Å². The van der Waals surface area contributed by atoms with Crippen molar-refractivity contribution in [1.29, 1.82) is 0 Å². The maximum Gasteiger partial charge on any atom is 0.0923 e. The first-order chi connectivity index (χ1) is 10.8. The third-order valence-electron chi connectivity index (χ3n) is 4.25. The zero-order valence-electron chi connectivity index (χ0n) is 12.5. The molecule has 3 rings (SSSR count). The van der Waals surface area contributed by atoms with Crippen LogP contribution in [0.4, 0.5) is 5.69 Å². The van der Waals surface area contributed by atoms with Gasteiger partial charge in [-0.1, -0.05) is 35.3 Å². The van der Waals surface area contributed by atoms with Gasteiger partial charge in [0, 0.05) is 22.3 Å². The average Bonchev–Trinajstić information content (AvgIpc) is 2.94. The van der Waals surface area contributed by atoms with Gasteiger partial charge < -0.3 is 19.3 Å². The summed E-state index contributed by atoms with van der Waals surface area (Å²) in [4.78, 5) is 26.2. The van der Waals surface area contributed by atoms with E-state index in [1.165, 1.54) is 0 Å². The lowest BCUT2D eigenvalue weighted by Crippen LogP contribution is -2.47. The van der Waals surface area contributed by atoms with Crippen molar-refractivity contribution in [3.8, 4) is 0 Å². The summed E-state index contributed by atoms with van der Waals surface area (Å²) in [5, 5.41) is -0.546. The molecule has 1 aliphatic heterocycles. The van der Waals surface area contributed by atoms with Crippen LogP contribution in [0.15, 0.2) is 48.5 Å². The Morgan fingerprint density at radius 1 is 0.958 bits per heavy atom. The summed E-state index contributed by atoms with van der Waals surface area (Å²) in [5.74, 6) is 0. The van der Waals surface area contributed by atoms with Crippen LogP contribution < -0.4 is 14.7 Å². The van der Waals surface area contributed by atoms with E-state index in [9.17, 15) is 14.4 Å². The van der Waals surface area contributed by atoms with E-state index in [1.807, 2.05) is 0 Å². The van der Waals surface area contributed by atoms with Gasteiger partial charge in [-0.05, 0) is 62.4 Å². The third-order valence-corrected chi connectivity index (χ3v) is 6.38. The molecule has 0 aromatic heterocycles. The standard InChI is InChI=1S/C16H16Cl2NO3P.ClH/c17-13-4-2-12(3-5-13)16(23(20,21)22)10-1-11-19(16)15-8-6-14(18)7-9-15;/h2-9H,1,10-11H2,(H2,20,21,22);1H/p-2. The van der Waals surface area contributed by atoms with E-state index in [0.717, 1.165) is 0 Å². The van der Waals surface area contributed by atoms with Gasteiger partial charge in [0.15, 0.2) is 0 Å². The van der Waals surface area contributed by atoms with Crippen LogP contribution in [0.5, 0.6) is 0 Å². The van der Waals surface area contributed by atoms with E-state index in [4.69, 9.17) is 23.2 Å². The molecule has 4 nitrogen and oxygen atoms in total. The van der Waals surface area contributed by atoms with Crippen LogP contribution >= 0.6 is 43.2 Å². The van der Waals surface area contributed by atoms with E-state index in [-0.39, 0.29) is 18.8 Å². The maximum absolute atomic E-state index is 12.3. The van der Waals surface area contributed by atoms with Crippen molar-refractivity contribution >= 4 is 48.9 Å². The molecule has 0 bridgehead atoms. The highest BCUT2D eigenvalue weighted by atomic mass is 35.5. The van der Waals surface area contributed by atoms with Crippen molar-refractivity contribution in [1.82, 2.24) is 0 Å². The Morgan fingerprint density at radius 3 is 1.96 bits per heavy atom. The number of rotatable bonds is 3. The summed E-state index contributed by atoms with van der Waals surface area (Å²) >= 11 is 11.8. The van der Waals surface area contributed by atoms with Gasteiger partial charge >= 0.3 is 0 Å². The Hall–Kier alpha value is -0.740. The van der Waals surface area contributed by atoms with Gasteiger partial charge in [0.1, 0.15) is 0 Å². The molecule has 2 aromatic rings. The van der Waals surface area contributed by atoms with Crippen LogP contribution in [0, 0.1) is 0 Å². The predicted molar refractivity (Wildman–Crippen MR) is 96.0 cm³/mol. The van der Waals surface area contributed by atoms with Crippen LogP contribution in [0.2, 0.25) is 10.0 Å². The molecule has 0 amide bonds. The molecule has 1 fully saturated rings. The number of anilines is 1. The lowest BCUT2D eigenvalue weighted by atomic mass is 10.0. The minimum Gasteiger partial charge on any atom is -0.809 e. The van der Waals surface area contributed by atoms with Crippen LogP contribution in [-0.4, -0.2) is 6.54 Å². The molecule has 0 spiro atoms. The highest BCUT2D eigenvalue weighted by Crippen LogP contribution is 2.59. The molecule has 1 unspecified atom stereocenters. The van der Waals surface area contributed by atoms with Crippen molar-refractivity contribution in [3.63, 3.8) is 0 Å². The molecule has 130 valence electrons. The molecular formula is C16H15Cl3NO3P-2. The fraction of sp³-hybridized carbons (Fsp3) is 0.250. The highest BCUT2D eigenvalue weighted by molar-refractivity contribution is 7.50. The second kappa shape index (κ2) is 7.25. The van der Waals surface area contributed by atoms with Crippen molar-refractivity contribution in [2.75, 3.05) is 11.4 Å². The first-order valence-electron chi connectivity index (χ1n) is 7.16. The Kier molecular flexibility index (Phi) is 5.91. The predicted octanol–water partition coefficient (Wildman–Crippen LogP) is 3.78. The molecular weight excluding hydrogens is 392 g/mol. The minimum absolute atomic E-state index is 0. The minimum atomic E-state index is -4.96. The summed E-state index contributed by atoms with van der Waals surface area (Å²) in [6, 6.07) is 13.3. The Labute approximate surface area is 157 Å². The first-order valence-corrected chi connectivity index (χ1v) is 9.46. The summed E-state index contributed by atoms with van der Waals surface area (Å²) in [5.41, 5.74) is 1.11. The van der Waals surface area contributed by atoms with Crippen molar-refractivity contribution < 1.29 is 14.4 Å². The topological polar surface area (TPSA) is 66.4 Å². The summed E-state index contributed by atoms with van der Waals surface area (Å²) in [7, 11) is -4.96. The number of hydrogen-bond donors (Lipinski definition) is 0. The lowest BCUT2D eigenvalue weighted by Gasteiger charge is -2.53. The fourth-order valence-corrected chi connectivity index (χ4v) is 4.89. The highest BCUT2D eigenvalue weighted by Gasteiger charge is 2.45. The number of benzene rings is 2. The quantitative estimate of drug-likeness (QED) is 0.728. The Balaban J connectivity index is 0.00000208. The monoisotopic (exact) mass is 405 g/mol. The average molecular weight is 407 g/mol. The molecule has 0 N–H and O–H groups in total. The van der Waals surface area contributed by atoms with Gasteiger partial charge in [-0.25, -0.2) is 0 Å². The van der Waals surface area contributed by atoms with Crippen LogP contribution in [0.1, 0.15) is 18.4 Å². The molecule has 24 heavy (non-hydrogen) atoms. The Morgan fingerprint density at radius 2 is 1.46 bits per heavy atom. The van der Waals surface area contributed by atoms with E-state index in [0.29, 0.717) is 34.3 Å². The largest absolute Gasteiger partial charge is 0.809 e. The molecule has 0 radical (unpaired) electrons. The molecule has 1 saturated heterocycles. The van der Waals surface area contributed by atoms with Gasteiger partial charge in [-0.15, -0.1) is 12.4 Å². The van der Waals surface area contributed by atoms with E-state index < -0.39 is 12.9 Å². The molecule has 0 aliphatic carbocycles. The van der Waals surface area contributed by atoms with Gasteiger partial charge in [-0.3, -0.25) is 0 Å². The van der Waals surface area contributed by atoms with Gasteiger partial charge in [0.2, 0.25) is 0 Å². The fourth-order valence-electron chi connectivity index (χ4n) is 3.23. The molecule has 1 atom stereocenters. The smallest absolute Gasteiger partial charge is 0.0923 e. The van der Waals surface area contributed by atoms with Crippen molar-refractivity contribution in [2.24, 2.45) is 0 Å². The molecule has 0 saturated carbocycles. The van der Waals surface area contributed by atoms with Gasteiger partial charge in [-0.2, -0.15) is 0 Å². The SMILES string of the molecule is Cl.O=P([O-])([O-])C1(c2ccc(Cl)cc2)CCCN1c1ccc(Cl)cc1. The summed E-state index contributed by atoms with van der Waals surface area (Å²) in [6.45, 7) is 0.485. The van der Waals surface area contributed by atoms with E-state index in [2.05, 4.69) is 0 Å². The molecule has 1 heterocycles. The Bertz CT molecular complexity index is 748. The van der Waals surface area contributed by atoms with Crippen LogP contribution in [-0.2, 0) is 9.85 Å². The zero-order chi connectivity index (χ0) is 16.7. The van der Waals surface area contributed by atoms with Gasteiger partial charge in [0.25, 0.3) is 0 Å². The maximum atomic E-state index is 12.3. The molecule has 1 aliphatic rings. The number of nitrogens with zero attached hydrogens (tertiary/aromatic N) is 1. The molecule has 8 heteroatoms. The van der Waals surface area contributed by atoms with E-state index in [1.54, 1.807) is 53.4 Å². The van der Waals surface area contributed by atoms with Crippen molar-refractivity contribution in [3.05, 3.63) is 64.1 Å². The summed E-state index contributed by atoms with van der Waals surface area (Å²) in [6.07, 6.45) is 0.862. The van der Waals surface area contributed by atoms with Crippen LogP contribution in [0.3, 0.4) is 0 Å². The normalized spacial score (nSPS) is 20.8. The lowest BCUT2D eigenvalue weighted by molar-refractivity contribution is -0.321. The second-order valence-electron chi connectivity index (χ2n) is 5.55. The van der Waals surface area contributed by atoms with Crippen LogP contribution in [0.25, 0.3) is 0 Å². The summed E-state index contributed by atoms with van der Waals surface area (Å²) < 4.78 is 12.3. The third kappa shape index (κ3) is 3.32. The number of halogens is 3. The first kappa shape index (κ1) is 19.6. The van der Waals surface area contributed by atoms with Crippen molar-refractivity contribution in [2.45, 2.75) is 18.1 Å². The van der Waals surface area contributed by atoms with E-state index >= 15 is 0 Å². The molecule has 2 aromatic carbocycles. The second-order valence-corrected chi connectivity index (χ2v) is 8.16. The number of hydrogen-bond acceptors (Lipinski definition) is 4. The zero-order valence-corrected chi connectivity index (χ0v) is 15.7.